The Morgan fingerprint density at radius 3 is 2.53 bits per heavy atom. The Kier molecular flexibility index (Phi) is 7.20. The second-order valence-electron chi connectivity index (χ2n) is 7.42. The molecule has 3 amide bonds. The van der Waals surface area contributed by atoms with Crippen molar-refractivity contribution in [1.29, 1.82) is 0 Å². The van der Waals surface area contributed by atoms with E-state index in [1.165, 1.54) is 24.1 Å². The predicted molar refractivity (Wildman–Crippen MR) is 119 cm³/mol. The molecule has 2 aromatic carbocycles. The summed E-state index contributed by atoms with van der Waals surface area (Å²) in [5, 5.41) is 3.05. The molecule has 1 atom stereocenters. The van der Waals surface area contributed by atoms with Crippen molar-refractivity contribution in [3.8, 4) is 0 Å². The summed E-state index contributed by atoms with van der Waals surface area (Å²) in [6, 6.07) is 12.3. The van der Waals surface area contributed by atoms with Gasteiger partial charge < -0.3 is 10.2 Å². The summed E-state index contributed by atoms with van der Waals surface area (Å²) in [6.07, 6.45) is 0.0991. The Morgan fingerprint density at radius 2 is 1.88 bits per heavy atom. The standard InChI is InChI=1S/C22H24ClN3O5S/c1-15(21(28)24-2)25(14-16-7-5-8-17(23)13-16)20(27)11-6-12-26-22(29)18-9-3-4-10-19(18)32(26,30)31/h3-5,7-10,13,15H,6,11-12,14H2,1-2H3,(H,24,28). The number of nitrogens with one attached hydrogen (secondary N) is 1. The minimum absolute atomic E-state index is 0.0212. The van der Waals surface area contributed by atoms with E-state index in [1.54, 1.807) is 43.3 Å². The van der Waals surface area contributed by atoms with Gasteiger partial charge in [0, 0.05) is 31.6 Å². The van der Waals surface area contributed by atoms with Gasteiger partial charge in [0.15, 0.2) is 0 Å². The maximum atomic E-state index is 13.0. The Balaban J connectivity index is 1.70. The maximum Gasteiger partial charge on any atom is 0.269 e. The lowest BCUT2D eigenvalue weighted by Crippen LogP contribution is -2.46. The highest BCUT2D eigenvalue weighted by molar-refractivity contribution is 7.90. The molecule has 10 heteroatoms. The lowest BCUT2D eigenvalue weighted by atomic mass is 10.1. The number of carbonyl (C=O) groups is 3. The third-order valence-corrected chi connectivity index (χ3v) is 7.40. The van der Waals surface area contributed by atoms with Crippen LogP contribution in [0.3, 0.4) is 0 Å². The fourth-order valence-electron chi connectivity index (χ4n) is 3.59. The van der Waals surface area contributed by atoms with Crippen LogP contribution in [0, 0.1) is 0 Å². The summed E-state index contributed by atoms with van der Waals surface area (Å²) in [7, 11) is -2.43. The minimum Gasteiger partial charge on any atom is -0.357 e. The predicted octanol–water partition coefficient (Wildman–Crippen LogP) is 2.43. The van der Waals surface area contributed by atoms with Crippen molar-refractivity contribution in [2.45, 2.75) is 37.2 Å². The second kappa shape index (κ2) is 9.70. The number of likely N-dealkylation sites (N-methyl/N-ethyl adjacent to an activating group) is 1. The van der Waals surface area contributed by atoms with Gasteiger partial charge in [-0.3, -0.25) is 14.4 Å². The van der Waals surface area contributed by atoms with E-state index in [-0.39, 0.29) is 48.2 Å². The van der Waals surface area contributed by atoms with Crippen molar-refractivity contribution in [3.63, 3.8) is 0 Å². The smallest absolute Gasteiger partial charge is 0.269 e. The molecule has 0 aromatic heterocycles. The normalized spacial score (nSPS) is 15.2. The summed E-state index contributed by atoms with van der Waals surface area (Å²) in [4.78, 5) is 39.1. The monoisotopic (exact) mass is 477 g/mol. The molecular formula is C22H24ClN3O5S. The lowest BCUT2D eigenvalue weighted by molar-refractivity contribution is -0.140. The number of nitrogens with zero attached hydrogens (tertiary/aromatic N) is 2. The van der Waals surface area contributed by atoms with E-state index in [4.69, 9.17) is 11.6 Å². The molecule has 0 saturated carbocycles. The Bertz CT molecular complexity index is 1150. The number of sulfonamides is 1. The average Bonchev–Trinajstić information content (AvgIpc) is 2.97. The van der Waals surface area contributed by atoms with Crippen molar-refractivity contribution in [3.05, 3.63) is 64.7 Å². The lowest BCUT2D eigenvalue weighted by Gasteiger charge is -2.28. The van der Waals surface area contributed by atoms with Crippen molar-refractivity contribution in [2.24, 2.45) is 0 Å². The highest BCUT2D eigenvalue weighted by atomic mass is 35.5. The zero-order valence-electron chi connectivity index (χ0n) is 17.7. The molecule has 0 radical (unpaired) electrons. The molecule has 0 bridgehead atoms. The van der Waals surface area contributed by atoms with Crippen LogP contribution in [0.25, 0.3) is 0 Å². The molecule has 1 N–H and O–H groups in total. The summed E-state index contributed by atoms with van der Waals surface area (Å²) < 4.78 is 26.1. The SMILES string of the molecule is CNC(=O)C(C)N(Cc1cccc(Cl)c1)C(=O)CCCN1C(=O)c2ccccc2S1(=O)=O. The molecule has 3 rings (SSSR count). The minimum atomic E-state index is -3.92. The molecule has 32 heavy (non-hydrogen) atoms. The van der Waals surface area contributed by atoms with E-state index >= 15 is 0 Å². The first-order valence-corrected chi connectivity index (χ1v) is 11.9. The molecular weight excluding hydrogens is 454 g/mol. The van der Waals surface area contributed by atoms with Crippen LogP contribution in [0.15, 0.2) is 53.4 Å². The van der Waals surface area contributed by atoms with Gasteiger partial charge in [0.1, 0.15) is 10.9 Å². The molecule has 8 nitrogen and oxygen atoms in total. The first-order chi connectivity index (χ1) is 15.2. The summed E-state index contributed by atoms with van der Waals surface area (Å²) in [6.45, 7) is 1.66. The number of amides is 3. The third kappa shape index (κ3) is 4.78. The molecule has 0 spiro atoms. The maximum absolute atomic E-state index is 13.0. The first kappa shape index (κ1) is 23.7. The van der Waals surface area contributed by atoms with E-state index < -0.39 is 22.0 Å². The quantitative estimate of drug-likeness (QED) is 0.628. The van der Waals surface area contributed by atoms with Gasteiger partial charge in [0.05, 0.1) is 5.56 Å². The van der Waals surface area contributed by atoms with Crippen LogP contribution in [0.4, 0.5) is 0 Å². The summed E-state index contributed by atoms with van der Waals surface area (Å²) in [5.41, 5.74) is 0.893. The fraction of sp³-hybridized carbons (Fsp3) is 0.318. The Morgan fingerprint density at radius 1 is 1.16 bits per heavy atom. The molecule has 2 aromatic rings. The Labute approximate surface area is 192 Å². The second-order valence-corrected chi connectivity index (χ2v) is 9.69. The number of rotatable bonds is 8. The van der Waals surface area contributed by atoms with E-state index in [2.05, 4.69) is 5.32 Å². The number of hydrogen-bond donors (Lipinski definition) is 1. The average molecular weight is 478 g/mol. The summed E-state index contributed by atoms with van der Waals surface area (Å²) >= 11 is 6.04. The van der Waals surface area contributed by atoms with Gasteiger partial charge in [-0.15, -0.1) is 0 Å². The fourth-order valence-corrected chi connectivity index (χ4v) is 5.41. The van der Waals surface area contributed by atoms with Gasteiger partial charge in [0.25, 0.3) is 15.9 Å². The Hall–Kier alpha value is -2.91. The van der Waals surface area contributed by atoms with Gasteiger partial charge in [-0.05, 0) is 43.2 Å². The van der Waals surface area contributed by atoms with Crippen LogP contribution in [-0.2, 0) is 26.2 Å². The molecule has 1 heterocycles. The molecule has 1 aliphatic rings. The zero-order valence-corrected chi connectivity index (χ0v) is 19.3. The van der Waals surface area contributed by atoms with E-state index in [0.717, 1.165) is 9.87 Å². The molecule has 0 saturated heterocycles. The van der Waals surface area contributed by atoms with Crippen LogP contribution >= 0.6 is 11.6 Å². The van der Waals surface area contributed by atoms with Gasteiger partial charge in [0.2, 0.25) is 11.8 Å². The molecule has 0 fully saturated rings. The van der Waals surface area contributed by atoms with Gasteiger partial charge in [-0.25, -0.2) is 12.7 Å². The van der Waals surface area contributed by atoms with Crippen molar-refractivity contribution >= 4 is 39.3 Å². The number of hydrogen-bond acceptors (Lipinski definition) is 5. The number of fused-ring (bicyclic) bond motifs is 1. The highest BCUT2D eigenvalue weighted by Crippen LogP contribution is 2.30. The molecule has 0 aliphatic carbocycles. The van der Waals surface area contributed by atoms with Crippen LogP contribution in [-0.4, -0.2) is 55.0 Å². The van der Waals surface area contributed by atoms with E-state index in [0.29, 0.717) is 5.02 Å². The third-order valence-electron chi connectivity index (χ3n) is 5.32. The van der Waals surface area contributed by atoms with Crippen LogP contribution < -0.4 is 5.32 Å². The van der Waals surface area contributed by atoms with Crippen molar-refractivity contribution < 1.29 is 22.8 Å². The van der Waals surface area contributed by atoms with Gasteiger partial charge >= 0.3 is 0 Å². The van der Waals surface area contributed by atoms with E-state index in [9.17, 15) is 22.8 Å². The number of carbonyl (C=O) groups excluding carboxylic acids is 3. The summed E-state index contributed by atoms with van der Waals surface area (Å²) in [5.74, 6) is -1.25. The largest absolute Gasteiger partial charge is 0.357 e. The van der Waals surface area contributed by atoms with Crippen molar-refractivity contribution in [2.75, 3.05) is 13.6 Å². The molecule has 1 unspecified atom stereocenters. The molecule has 170 valence electrons. The topological polar surface area (TPSA) is 104 Å². The molecule has 1 aliphatic heterocycles. The van der Waals surface area contributed by atoms with Gasteiger partial charge in [-0.1, -0.05) is 35.9 Å². The zero-order chi connectivity index (χ0) is 23.5. The van der Waals surface area contributed by atoms with E-state index in [1.807, 2.05) is 0 Å². The van der Waals surface area contributed by atoms with Crippen molar-refractivity contribution in [1.82, 2.24) is 14.5 Å². The number of benzene rings is 2. The van der Waals surface area contributed by atoms with Crippen LogP contribution in [0.1, 0.15) is 35.7 Å². The first-order valence-electron chi connectivity index (χ1n) is 10.1. The number of halogens is 1. The highest BCUT2D eigenvalue weighted by Gasteiger charge is 2.40. The van der Waals surface area contributed by atoms with Crippen LogP contribution in [0.2, 0.25) is 5.02 Å². The van der Waals surface area contributed by atoms with Crippen LogP contribution in [0.5, 0.6) is 0 Å². The van der Waals surface area contributed by atoms with Gasteiger partial charge in [-0.2, -0.15) is 0 Å².